The Kier molecular flexibility index (Phi) is 7.49. The van der Waals surface area contributed by atoms with Crippen molar-refractivity contribution in [1.29, 1.82) is 0 Å². The second-order valence-electron chi connectivity index (χ2n) is 5.44. The lowest BCUT2D eigenvalue weighted by molar-refractivity contribution is -0.146. The normalized spacial score (nSPS) is 10.7. The number of esters is 2. The number of hydrogen-bond acceptors (Lipinski definition) is 5. The molecule has 0 amide bonds. The van der Waals surface area contributed by atoms with E-state index < -0.39 is 11.9 Å². The number of carbonyl (C=O) groups is 2. The van der Waals surface area contributed by atoms with E-state index in [-0.39, 0.29) is 18.8 Å². The van der Waals surface area contributed by atoms with E-state index in [0.717, 1.165) is 18.5 Å². The third kappa shape index (κ3) is 5.24. The van der Waals surface area contributed by atoms with Gasteiger partial charge in [0.25, 0.3) is 0 Å². The van der Waals surface area contributed by atoms with E-state index >= 15 is 0 Å². The van der Waals surface area contributed by atoms with Crippen molar-refractivity contribution in [3.05, 3.63) is 60.0 Å². The van der Waals surface area contributed by atoms with Crippen molar-refractivity contribution in [2.24, 2.45) is 0 Å². The van der Waals surface area contributed by atoms with Crippen LogP contribution in [0.5, 0.6) is 0 Å². The van der Waals surface area contributed by atoms with Gasteiger partial charge in [0.2, 0.25) is 0 Å². The summed E-state index contributed by atoms with van der Waals surface area (Å²) in [5.74, 6) is -1.37. The number of hydrogen-bond donors (Lipinski definition) is 2. The molecule has 0 spiro atoms. The topological polar surface area (TPSA) is 80.4 Å². The van der Waals surface area contributed by atoms with E-state index in [1.165, 1.54) is 17.0 Å². The molecule has 2 N–H and O–H groups in total. The standard InChI is InChI=1S/C20H24N2O4/c1-3-25-19(23)17(20(24)26-4-2)9-7-12-21-13-11-15-14-22-18-10-6-5-8-16(15)18/h5-10,12,14,21-22H,3-4,11,13H2,1-2H3/b12-7+. The second kappa shape index (κ2) is 10.1. The fourth-order valence-electron chi connectivity index (χ4n) is 2.48. The molecule has 0 bridgehead atoms. The molecule has 1 heterocycles. The van der Waals surface area contributed by atoms with Crippen LogP contribution in [0.2, 0.25) is 0 Å². The minimum absolute atomic E-state index is 0.122. The third-order valence-corrected chi connectivity index (χ3v) is 3.68. The number of nitrogens with one attached hydrogen (secondary N) is 2. The van der Waals surface area contributed by atoms with Crippen LogP contribution in [0.25, 0.3) is 10.9 Å². The number of fused-ring (bicyclic) bond motifs is 1. The summed E-state index contributed by atoms with van der Waals surface area (Å²) in [7, 11) is 0. The molecule has 6 heteroatoms. The van der Waals surface area contributed by atoms with Crippen LogP contribution in [0.4, 0.5) is 0 Å². The molecule has 1 aromatic heterocycles. The third-order valence-electron chi connectivity index (χ3n) is 3.68. The van der Waals surface area contributed by atoms with E-state index in [1.807, 2.05) is 24.4 Å². The lowest BCUT2D eigenvalue weighted by Gasteiger charge is -2.05. The molecule has 0 atom stereocenters. The van der Waals surface area contributed by atoms with Crippen molar-refractivity contribution < 1.29 is 19.1 Å². The number of benzene rings is 1. The number of rotatable bonds is 9. The first-order chi connectivity index (χ1) is 12.7. The quantitative estimate of drug-likeness (QED) is 0.180. The summed E-state index contributed by atoms with van der Waals surface area (Å²) in [6.07, 6.45) is 7.54. The Balaban J connectivity index is 1.89. The SMILES string of the molecule is CCOC(=O)C(=C/C=C/NCCc1c[nH]c2ccccc12)C(=O)OCC. The highest BCUT2D eigenvalue weighted by Gasteiger charge is 2.19. The predicted octanol–water partition coefficient (Wildman–Crippen LogP) is 2.87. The highest BCUT2D eigenvalue weighted by Crippen LogP contribution is 2.17. The maximum Gasteiger partial charge on any atom is 0.345 e. The molecule has 2 rings (SSSR count). The van der Waals surface area contributed by atoms with Crippen LogP contribution in [-0.4, -0.2) is 36.7 Å². The van der Waals surface area contributed by atoms with Crippen molar-refractivity contribution >= 4 is 22.8 Å². The summed E-state index contributed by atoms with van der Waals surface area (Å²) in [5.41, 5.74) is 2.23. The predicted molar refractivity (Wildman–Crippen MR) is 100 cm³/mol. The van der Waals surface area contributed by atoms with E-state index in [1.54, 1.807) is 26.1 Å². The number of carbonyl (C=O) groups excluding carboxylic acids is 2. The number of aromatic amines is 1. The van der Waals surface area contributed by atoms with Gasteiger partial charge in [-0.1, -0.05) is 18.2 Å². The van der Waals surface area contributed by atoms with E-state index in [4.69, 9.17) is 9.47 Å². The van der Waals surface area contributed by atoms with Crippen LogP contribution in [0.1, 0.15) is 19.4 Å². The number of aromatic nitrogens is 1. The highest BCUT2D eigenvalue weighted by molar-refractivity contribution is 6.14. The summed E-state index contributed by atoms with van der Waals surface area (Å²) < 4.78 is 9.75. The van der Waals surface area contributed by atoms with Gasteiger partial charge in [-0.3, -0.25) is 0 Å². The van der Waals surface area contributed by atoms with Crippen LogP contribution in [0.3, 0.4) is 0 Å². The second-order valence-corrected chi connectivity index (χ2v) is 5.44. The molecule has 0 fully saturated rings. The Hall–Kier alpha value is -3.02. The van der Waals surface area contributed by atoms with Crippen molar-refractivity contribution in [3.8, 4) is 0 Å². The Morgan fingerprint density at radius 2 is 1.81 bits per heavy atom. The van der Waals surface area contributed by atoms with Gasteiger partial charge in [0.15, 0.2) is 0 Å². The van der Waals surface area contributed by atoms with Gasteiger partial charge in [-0.25, -0.2) is 9.59 Å². The maximum atomic E-state index is 11.8. The van der Waals surface area contributed by atoms with Crippen LogP contribution < -0.4 is 5.32 Å². The fourth-order valence-corrected chi connectivity index (χ4v) is 2.48. The van der Waals surface area contributed by atoms with Gasteiger partial charge in [0.1, 0.15) is 5.57 Å². The average Bonchev–Trinajstić information content (AvgIpc) is 3.04. The average molecular weight is 356 g/mol. The molecular weight excluding hydrogens is 332 g/mol. The summed E-state index contributed by atoms with van der Waals surface area (Å²) in [6, 6.07) is 8.15. The van der Waals surface area contributed by atoms with Crippen LogP contribution in [0.15, 0.2) is 54.4 Å². The van der Waals surface area contributed by atoms with Crippen molar-refractivity contribution in [2.45, 2.75) is 20.3 Å². The number of allylic oxidation sites excluding steroid dienone is 2. The van der Waals surface area contributed by atoms with Gasteiger partial charge < -0.3 is 19.8 Å². The molecule has 2 aromatic rings. The van der Waals surface area contributed by atoms with Crippen molar-refractivity contribution in [2.75, 3.05) is 19.8 Å². The zero-order valence-electron chi connectivity index (χ0n) is 15.1. The minimum Gasteiger partial charge on any atom is -0.462 e. The fraction of sp³-hybridized carbons (Fsp3) is 0.300. The molecule has 0 saturated heterocycles. The Morgan fingerprint density at radius 1 is 1.12 bits per heavy atom. The number of para-hydroxylation sites is 1. The largest absolute Gasteiger partial charge is 0.462 e. The molecule has 26 heavy (non-hydrogen) atoms. The van der Waals surface area contributed by atoms with Crippen molar-refractivity contribution in [1.82, 2.24) is 10.3 Å². The molecule has 1 aromatic carbocycles. The highest BCUT2D eigenvalue weighted by atomic mass is 16.6. The zero-order chi connectivity index (χ0) is 18.8. The van der Waals surface area contributed by atoms with E-state index in [0.29, 0.717) is 0 Å². The van der Waals surface area contributed by atoms with Crippen LogP contribution >= 0.6 is 0 Å². The van der Waals surface area contributed by atoms with Crippen LogP contribution in [-0.2, 0) is 25.5 Å². The molecular formula is C20H24N2O4. The smallest absolute Gasteiger partial charge is 0.345 e. The Bertz CT molecular complexity index is 785. The van der Waals surface area contributed by atoms with Gasteiger partial charge in [-0.15, -0.1) is 0 Å². The molecule has 0 aliphatic rings. The van der Waals surface area contributed by atoms with E-state index in [2.05, 4.69) is 16.4 Å². The lowest BCUT2D eigenvalue weighted by Crippen LogP contribution is -2.18. The molecule has 0 saturated carbocycles. The Morgan fingerprint density at radius 3 is 2.50 bits per heavy atom. The number of H-pyrrole nitrogens is 1. The van der Waals surface area contributed by atoms with Gasteiger partial charge in [0, 0.05) is 23.6 Å². The lowest BCUT2D eigenvalue weighted by atomic mass is 10.1. The molecule has 0 aliphatic carbocycles. The Labute approximate surface area is 152 Å². The van der Waals surface area contributed by atoms with Crippen LogP contribution in [0, 0.1) is 0 Å². The molecule has 0 unspecified atom stereocenters. The molecule has 0 aliphatic heterocycles. The number of ether oxygens (including phenoxy) is 2. The van der Waals surface area contributed by atoms with Gasteiger partial charge in [-0.2, -0.15) is 0 Å². The van der Waals surface area contributed by atoms with Gasteiger partial charge in [0.05, 0.1) is 13.2 Å². The van der Waals surface area contributed by atoms with E-state index in [9.17, 15) is 9.59 Å². The summed E-state index contributed by atoms with van der Waals surface area (Å²) in [5, 5.41) is 4.36. The first-order valence-corrected chi connectivity index (χ1v) is 8.66. The first kappa shape index (κ1) is 19.3. The van der Waals surface area contributed by atoms with Crippen molar-refractivity contribution in [3.63, 3.8) is 0 Å². The first-order valence-electron chi connectivity index (χ1n) is 8.66. The summed E-state index contributed by atoms with van der Waals surface area (Å²) >= 11 is 0. The molecule has 6 nitrogen and oxygen atoms in total. The van der Waals surface area contributed by atoms with Gasteiger partial charge >= 0.3 is 11.9 Å². The minimum atomic E-state index is -0.686. The zero-order valence-corrected chi connectivity index (χ0v) is 15.1. The summed E-state index contributed by atoms with van der Waals surface area (Å²) in [4.78, 5) is 26.9. The molecule has 138 valence electrons. The maximum absolute atomic E-state index is 11.8. The monoisotopic (exact) mass is 356 g/mol. The molecule has 0 radical (unpaired) electrons. The summed E-state index contributed by atoms with van der Waals surface area (Å²) in [6.45, 7) is 4.48. The van der Waals surface area contributed by atoms with Gasteiger partial charge in [-0.05, 0) is 50.3 Å².